The largest absolute Gasteiger partial charge is 0.312 e. The number of rotatable bonds is 3. The van der Waals surface area contributed by atoms with Gasteiger partial charge < -0.3 is 5.32 Å². The highest BCUT2D eigenvalue weighted by Crippen LogP contribution is 2.37. The quantitative estimate of drug-likeness (QED) is 0.908. The molecule has 1 aliphatic heterocycles. The van der Waals surface area contributed by atoms with E-state index in [0.717, 1.165) is 23.9 Å². The lowest BCUT2D eigenvalue weighted by Crippen LogP contribution is -2.44. The first-order chi connectivity index (χ1) is 9.81. The molecule has 0 spiro atoms. The molecule has 2 nitrogen and oxygen atoms in total. The molecule has 1 heterocycles. The number of nitrogens with zero attached hydrogens (tertiary/aromatic N) is 1. The zero-order chi connectivity index (χ0) is 13.5. The summed E-state index contributed by atoms with van der Waals surface area (Å²) in [6, 6.07) is 10.5. The van der Waals surface area contributed by atoms with E-state index in [1.54, 1.807) is 11.1 Å². The summed E-state index contributed by atoms with van der Waals surface area (Å²) in [7, 11) is 0. The molecular formula is C18H26N2. The SMILES string of the molecule is CC1CCNC(C2CC2)CN1CC1Cc2ccccc21. The lowest BCUT2D eigenvalue weighted by molar-refractivity contribution is 0.181. The highest BCUT2D eigenvalue weighted by Gasteiger charge is 2.36. The Bertz CT molecular complexity index is 480. The van der Waals surface area contributed by atoms with Crippen molar-refractivity contribution in [2.24, 2.45) is 5.92 Å². The molecule has 108 valence electrons. The molecule has 1 aromatic carbocycles. The van der Waals surface area contributed by atoms with Gasteiger partial charge in [-0.15, -0.1) is 0 Å². The van der Waals surface area contributed by atoms with Gasteiger partial charge in [0.2, 0.25) is 0 Å². The molecule has 4 rings (SSSR count). The van der Waals surface area contributed by atoms with E-state index in [1.807, 2.05) is 0 Å². The molecule has 2 aliphatic carbocycles. The molecular weight excluding hydrogens is 244 g/mol. The monoisotopic (exact) mass is 270 g/mol. The molecule has 2 heteroatoms. The van der Waals surface area contributed by atoms with Gasteiger partial charge in [0.15, 0.2) is 0 Å². The van der Waals surface area contributed by atoms with E-state index in [2.05, 4.69) is 41.4 Å². The summed E-state index contributed by atoms with van der Waals surface area (Å²) in [6.45, 7) is 6.16. The zero-order valence-electron chi connectivity index (χ0n) is 12.5. The van der Waals surface area contributed by atoms with Crippen LogP contribution in [-0.4, -0.2) is 36.6 Å². The number of hydrogen-bond donors (Lipinski definition) is 1. The Kier molecular flexibility index (Phi) is 3.31. The standard InChI is InChI=1S/C18H26N2/c1-13-8-9-19-18(14-6-7-14)12-20(13)11-16-10-15-4-2-3-5-17(15)16/h2-5,13-14,16,18-19H,6-12H2,1H3. The molecule has 1 aromatic rings. The van der Waals surface area contributed by atoms with Gasteiger partial charge in [0.25, 0.3) is 0 Å². The van der Waals surface area contributed by atoms with Gasteiger partial charge in [-0.3, -0.25) is 4.90 Å². The fraction of sp³-hybridized carbons (Fsp3) is 0.667. The van der Waals surface area contributed by atoms with Crippen LogP contribution in [0.15, 0.2) is 24.3 Å². The second-order valence-corrected chi connectivity index (χ2v) is 7.09. The Morgan fingerprint density at radius 3 is 2.85 bits per heavy atom. The van der Waals surface area contributed by atoms with E-state index in [1.165, 1.54) is 45.3 Å². The van der Waals surface area contributed by atoms with Gasteiger partial charge in [-0.1, -0.05) is 24.3 Å². The summed E-state index contributed by atoms with van der Waals surface area (Å²) in [6.07, 6.45) is 5.50. The maximum absolute atomic E-state index is 3.79. The predicted octanol–water partition coefficient (Wildman–Crippen LogP) is 2.79. The smallest absolute Gasteiger partial charge is 0.0223 e. The molecule has 2 fully saturated rings. The third-order valence-corrected chi connectivity index (χ3v) is 5.63. The van der Waals surface area contributed by atoms with Crippen LogP contribution in [0.2, 0.25) is 0 Å². The Labute approximate surface area is 122 Å². The van der Waals surface area contributed by atoms with Crippen LogP contribution in [0, 0.1) is 5.92 Å². The average molecular weight is 270 g/mol. The highest BCUT2D eigenvalue weighted by molar-refractivity contribution is 5.40. The number of benzene rings is 1. The molecule has 0 radical (unpaired) electrons. The zero-order valence-corrected chi connectivity index (χ0v) is 12.5. The molecule has 3 atom stereocenters. The van der Waals surface area contributed by atoms with Gasteiger partial charge in [0, 0.05) is 31.1 Å². The normalized spacial score (nSPS) is 34.1. The third-order valence-electron chi connectivity index (χ3n) is 5.63. The maximum Gasteiger partial charge on any atom is 0.0223 e. The summed E-state index contributed by atoms with van der Waals surface area (Å²) in [5, 5.41) is 3.79. The van der Waals surface area contributed by atoms with E-state index >= 15 is 0 Å². The number of fused-ring (bicyclic) bond motifs is 1. The van der Waals surface area contributed by atoms with Crippen molar-refractivity contribution in [3.63, 3.8) is 0 Å². The minimum atomic E-state index is 0.735. The molecule has 3 aliphatic rings. The van der Waals surface area contributed by atoms with Crippen LogP contribution >= 0.6 is 0 Å². The Morgan fingerprint density at radius 1 is 1.20 bits per heavy atom. The summed E-state index contributed by atoms with van der Waals surface area (Å²) in [5.41, 5.74) is 3.19. The van der Waals surface area contributed by atoms with Crippen LogP contribution < -0.4 is 5.32 Å². The van der Waals surface area contributed by atoms with Crippen molar-refractivity contribution < 1.29 is 0 Å². The van der Waals surface area contributed by atoms with E-state index in [9.17, 15) is 0 Å². The minimum Gasteiger partial charge on any atom is -0.312 e. The lowest BCUT2D eigenvalue weighted by atomic mass is 9.77. The molecule has 0 bridgehead atoms. The van der Waals surface area contributed by atoms with E-state index in [4.69, 9.17) is 0 Å². The molecule has 3 unspecified atom stereocenters. The Morgan fingerprint density at radius 2 is 2.05 bits per heavy atom. The van der Waals surface area contributed by atoms with Crippen molar-refractivity contribution in [3.8, 4) is 0 Å². The summed E-state index contributed by atoms with van der Waals surface area (Å²) in [5.74, 6) is 1.75. The van der Waals surface area contributed by atoms with Crippen LogP contribution in [0.25, 0.3) is 0 Å². The Balaban J connectivity index is 1.44. The molecule has 1 N–H and O–H groups in total. The first-order valence-electron chi connectivity index (χ1n) is 8.36. The molecule has 0 amide bonds. The van der Waals surface area contributed by atoms with Crippen molar-refractivity contribution in [2.75, 3.05) is 19.6 Å². The predicted molar refractivity (Wildman–Crippen MR) is 83.1 cm³/mol. The molecule has 0 aromatic heterocycles. The molecule has 1 saturated heterocycles. The van der Waals surface area contributed by atoms with Gasteiger partial charge >= 0.3 is 0 Å². The third kappa shape index (κ3) is 2.40. The van der Waals surface area contributed by atoms with Crippen molar-refractivity contribution in [2.45, 2.75) is 50.6 Å². The fourth-order valence-electron chi connectivity index (χ4n) is 4.03. The second-order valence-electron chi connectivity index (χ2n) is 7.09. The Hall–Kier alpha value is -0.860. The van der Waals surface area contributed by atoms with Gasteiger partial charge in [0.1, 0.15) is 0 Å². The van der Waals surface area contributed by atoms with E-state index in [0.29, 0.717) is 0 Å². The van der Waals surface area contributed by atoms with Crippen molar-refractivity contribution in [1.29, 1.82) is 0 Å². The second kappa shape index (κ2) is 5.16. The van der Waals surface area contributed by atoms with Gasteiger partial charge in [0.05, 0.1) is 0 Å². The first kappa shape index (κ1) is 12.8. The van der Waals surface area contributed by atoms with Crippen LogP contribution in [0.5, 0.6) is 0 Å². The van der Waals surface area contributed by atoms with Crippen LogP contribution in [0.3, 0.4) is 0 Å². The van der Waals surface area contributed by atoms with Crippen molar-refractivity contribution in [3.05, 3.63) is 35.4 Å². The van der Waals surface area contributed by atoms with E-state index < -0.39 is 0 Å². The highest BCUT2D eigenvalue weighted by atomic mass is 15.2. The van der Waals surface area contributed by atoms with Gasteiger partial charge in [-0.05, 0) is 56.2 Å². The van der Waals surface area contributed by atoms with Crippen LogP contribution in [0.1, 0.15) is 43.2 Å². The maximum atomic E-state index is 3.79. The minimum absolute atomic E-state index is 0.735. The van der Waals surface area contributed by atoms with Crippen LogP contribution in [-0.2, 0) is 6.42 Å². The fourth-order valence-corrected chi connectivity index (χ4v) is 4.03. The molecule has 20 heavy (non-hydrogen) atoms. The van der Waals surface area contributed by atoms with Crippen molar-refractivity contribution >= 4 is 0 Å². The topological polar surface area (TPSA) is 15.3 Å². The lowest BCUT2D eigenvalue weighted by Gasteiger charge is -2.37. The van der Waals surface area contributed by atoms with Gasteiger partial charge in [-0.2, -0.15) is 0 Å². The van der Waals surface area contributed by atoms with Gasteiger partial charge in [-0.25, -0.2) is 0 Å². The van der Waals surface area contributed by atoms with Crippen LogP contribution in [0.4, 0.5) is 0 Å². The van der Waals surface area contributed by atoms with E-state index in [-0.39, 0.29) is 0 Å². The summed E-state index contributed by atoms with van der Waals surface area (Å²) < 4.78 is 0. The first-order valence-corrected chi connectivity index (χ1v) is 8.36. The number of hydrogen-bond acceptors (Lipinski definition) is 2. The molecule has 1 saturated carbocycles. The average Bonchev–Trinajstić information content (AvgIpc) is 3.25. The summed E-state index contributed by atoms with van der Waals surface area (Å²) in [4.78, 5) is 2.77. The summed E-state index contributed by atoms with van der Waals surface area (Å²) >= 11 is 0. The van der Waals surface area contributed by atoms with Crippen molar-refractivity contribution in [1.82, 2.24) is 10.2 Å². The number of nitrogens with one attached hydrogen (secondary N) is 1.